The monoisotopic (exact) mass is 278 g/mol. The van der Waals surface area contributed by atoms with Gasteiger partial charge in [0.15, 0.2) is 0 Å². The molecule has 2 nitrogen and oxygen atoms in total. The van der Waals surface area contributed by atoms with Gasteiger partial charge in [-0.1, -0.05) is 18.2 Å². The minimum absolute atomic E-state index is 0.441. The fourth-order valence-corrected chi connectivity index (χ4v) is 4.31. The summed E-state index contributed by atoms with van der Waals surface area (Å²) in [5, 5.41) is 0. The van der Waals surface area contributed by atoms with Crippen LogP contribution in [0.15, 0.2) is 40.8 Å². The lowest BCUT2D eigenvalue weighted by Crippen LogP contribution is -2.15. The molecular weight excluding hydrogens is 260 g/mol. The molecule has 0 radical (unpaired) electrons. The van der Waals surface area contributed by atoms with E-state index in [1.165, 1.54) is 41.5 Å². The normalized spacial score (nSPS) is 28.0. The zero-order chi connectivity index (χ0) is 14.0. The van der Waals surface area contributed by atoms with Gasteiger partial charge in [-0.15, -0.1) is 0 Å². The Bertz CT molecular complexity index is 801. The third kappa shape index (κ3) is 1.63. The van der Waals surface area contributed by atoms with Gasteiger partial charge in [0.1, 0.15) is 11.2 Å². The van der Waals surface area contributed by atoms with Gasteiger partial charge in [0, 0.05) is 11.5 Å². The van der Waals surface area contributed by atoms with Crippen LogP contribution in [-0.2, 0) is 4.74 Å². The van der Waals surface area contributed by atoms with E-state index in [0.717, 1.165) is 11.2 Å². The Kier molecular flexibility index (Phi) is 2.31. The minimum Gasteiger partial charge on any atom is -0.457 e. The van der Waals surface area contributed by atoms with Crippen LogP contribution in [0.1, 0.15) is 36.3 Å². The first-order valence-electron chi connectivity index (χ1n) is 7.87. The second-order valence-corrected chi connectivity index (χ2v) is 6.50. The molecule has 2 aliphatic heterocycles. The van der Waals surface area contributed by atoms with E-state index in [1.54, 1.807) is 0 Å². The van der Waals surface area contributed by atoms with Crippen LogP contribution in [0.25, 0.3) is 22.3 Å². The Labute approximate surface area is 124 Å². The minimum atomic E-state index is 0.441. The number of benzene rings is 2. The predicted octanol–water partition coefficient (Wildman–Crippen LogP) is 4.88. The van der Waals surface area contributed by atoms with Crippen LogP contribution in [0.5, 0.6) is 0 Å². The SMILES string of the molecule is Cc1c(-c2cc3ccc2o3)cccc1C1CC2CCC1O2. The van der Waals surface area contributed by atoms with Gasteiger partial charge in [0.2, 0.25) is 0 Å². The standard InChI is InChI=1S/C19H18O2/c1-11-14(16-9-12-5-7-18(16)20-12)3-2-4-15(11)17-10-13-6-8-19(17)21-13/h2-5,7,9,13,17,19H,6,8,10H2,1H3. The van der Waals surface area contributed by atoms with E-state index in [0.29, 0.717) is 18.1 Å². The Balaban J connectivity index is 1.61. The maximum absolute atomic E-state index is 6.05. The van der Waals surface area contributed by atoms with Gasteiger partial charge in [-0.05, 0) is 61.1 Å². The lowest BCUT2D eigenvalue weighted by molar-refractivity contribution is 0.100. The zero-order valence-electron chi connectivity index (χ0n) is 12.1. The fourth-order valence-electron chi connectivity index (χ4n) is 4.31. The molecule has 3 aromatic rings. The van der Waals surface area contributed by atoms with E-state index in [2.05, 4.69) is 37.3 Å². The summed E-state index contributed by atoms with van der Waals surface area (Å²) in [6.07, 6.45) is 4.61. The van der Waals surface area contributed by atoms with Crippen molar-refractivity contribution in [3.63, 3.8) is 0 Å². The largest absolute Gasteiger partial charge is 0.457 e. The van der Waals surface area contributed by atoms with Gasteiger partial charge in [-0.2, -0.15) is 0 Å². The number of fused-ring (bicyclic) bond motifs is 4. The highest BCUT2D eigenvalue weighted by atomic mass is 16.5. The summed E-state index contributed by atoms with van der Waals surface area (Å²) in [6.45, 7) is 2.25. The van der Waals surface area contributed by atoms with Crippen LogP contribution >= 0.6 is 0 Å². The average molecular weight is 278 g/mol. The summed E-state index contributed by atoms with van der Waals surface area (Å²) >= 11 is 0. The molecule has 0 spiro atoms. The van der Waals surface area contributed by atoms with E-state index < -0.39 is 0 Å². The molecule has 106 valence electrons. The Morgan fingerprint density at radius 2 is 2.00 bits per heavy atom. The molecule has 2 heteroatoms. The number of hydrogen-bond donors (Lipinski definition) is 0. The summed E-state index contributed by atoms with van der Waals surface area (Å²) in [6, 6.07) is 12.9. The first kappa shape index (κ1) is 11.8. The summed E-state index contributed by atoms with van der Waals surface area (Å²) in [5.41, 5.74) is 7.36. The molecular formula is C19H18O2. The molecule has 4 heterocycles. The second-order valence-electron chi connectivity index (χ2n) is 6.50. The highest BCUT2D eigenvalue weighted by Crippen LogP contribution is 2.46. The van der Waals surface area contributed by atoms with Gasteiger partial charge in [0.25, 0.3) is 0 Å². The molecule has 0 saturated carbocycles. The van der Waals surface area contributed by atoms with Gasteiger partial charge >= 0.3 is 0 Å². The van der Waals surface area contributed by atoms with Crippen molar-refractivity contribution in [1.82, 2.24) is 0 Å². The Hall–Kier alpha value is -1.80. The molecule has 3 atom stereocenters. The smallest absolute Gasteiger partial charge is 0.135 e. The van der Waals surface area contributed by atoms with E-state index in [9.17, 15) is 0 Å². The van der Waals surface area contributed by atoms with E-state index in [-0.39, 0.29) is 0 Å². The molecule has 0 amide bonds. The lowest BCUT2D eigenvalue weighted by Gasteiger charge is -2.22. The molecule has 2 fully saturated rings. The van der Waals surface area contributed by atoms with Crippen molar-refractivity contribution in [3.8, 4) is 11.1 Å². The predicted molar refractivity (Wildman–Crippen MR) is 82.8 cm³/mol. The van der Waals surface area contributed by atoms with Crippen molar-refractivity contribution in [2.75, 3.05) is 0 Å². The summed E-state index contributed by atoms with van der Waals surface area (Å²) in [5.74, 6) is 0.581. The zero-order valence-corrected chi connectivity index (χ0v) is 12.1. The third-order valence-corrected chi connectivity index (χ3v) is 5.35. The van der Waals surface area contributed by atoms with Crippen molar-refractivity contribution in [1.29, 1.82) is 0 Å². The second kappa shape index (κ2) is 4.11. The van der Waals surface area contributed by atoms with Crippen molar-refractivity contribution in [3.05, 3.63) is 47.5 Å². The van der Waals surface area contributed by atoms with E-state index in [4.69, 9.17) is 9.15 Å². The van der Waals surface area contributed by atoms with Crippen molar-refractivity contribution in [2.45, 2.75) is 44.3 Å². The molecule has 21 heavy (non-hydrogen) atoms. The maximum Gasteiger partial charge on any atom is 0.135 e. The molecule has 1 aromatic carbocycles. The van der Waals surface area contributed by atoms with Crippen LogP contribution in [0.3, 0.4) is 0 Å². The average Bonchev–Trinajstić information content (AvgIpc) is 3.27. The van der Waals surface area contributed by atoms with E-state index in [1.807, 2.05) is 6.07 Å². The Morgan fingerprint density at radius 3 is 2.67 bits per heavy atom. The van der Waals surface area contributed by atoms with E-state index >= 15 is 0 Å². The molecule has 0 N–H and O–H groups in total. The summed E-state index contributed by atoms with van der Waals surface area (Å²) < 4.78 is 11.8. The molecule has 4 bridgehead atoms. The topological polar surface area (TPSA) is 22.4 Å². The highest BCUT2D eigenvalue weighted by Gasteiger charge is 2.42. The van der Waals surface area contributed by atoms with Crippen LogP contribution in [0.4, 0.5) is 0 Å². The molecule has 3 unspecified atom stereocenters. The highest BCUT2D eigenvalue weighted by molar-refractivity contribution is 5.87. The summed E-state index contributed by atoms with van der Waals surface area (Å²) in [7, 11) is 0. The van der Waals surface area contributed by atoms with Crippen LogP contribution < -0.4 is 0 Å². The number of ether oxygens (including phenoxy) is 1. The molecule has 2 aliphatic rings. The third-order valence-electron chi connectivity index (χ3n) is 5.35. The van der Waals surface area contributed by atoms with Crippen molar-refractivity contribution in [2.24, 2.45) is 0 Å². The van der Waals surface area contributed by atoms with Crippen molar-refractivity contribution < 1.29 is 9.15 Å². The molecule has 2 saturated heterocycles. The van der Waals surface area contributed by atoms with Crippen LogP contribution in [-0.4, -0.2) is 12.2 Å². The molecule has 2 aromatic heterocycles. The van der Waals surface area contributed by atoms with Crippen LogP contribution in [0.2, 0.25) is 0 Å². The van der Waals surface area contributed by atoms with Crippen molar-refractivity contribution >= 4 is 11.2 Å². The fraction of sp³-hybridized carbons (Fsp3) is 0.368. The Morgan fingerprint density at radius 1 is 1.05 bits per heavy atom. The van der Waals surface area contributed by atoms with Gasteiger partial charge < -0.3 is 9.15 Å². The molecule has 0 aliphatic carbocycles. The number of furan rings is 2. The number of rotatable bonds is 2. The quantitative estimate of drug-likeness (QED) is 0.666. The first-order chi connectivity index (χ1) is 10.3. The molecule has 5 rings (SSSR count). The van der Waals surface area contributed by atoms with Gasteiger partial charge in [-0.3, -0.25) is 0 Å². The maximum atomic E-state index is 6.05. The first-order valence-corrected chi connectivity index (χ1v) is 7.87. The lowest BCUT2D eigenvalue weighted by atomic mass is 9.80. The van der Waals surface area contributed by atoms with Crippen LogP contribution in [0, 0.1) is 6.92 Å². The van der Waals surface area contributed by atoms with Gasteiger partial charge in [0.05, 0.1) is 12.2 Å². The van der Waals surface area contributed by atoms with Gasteiger partial charge in [-0.25, -0.2) is 0 Å². The summed E-state index contributed by atoms with van der Waals surface area (Å²) in [4.78, 5) is 0. The number of hydrogen-bond acceptors (Lipinski definition) is 2.